The summed E-state index contributed by atoms with van der Waals surface area (Å²) in [6.07, 6.45) is 0. The van der Waals surface area contributed by atoms with E-state index in [2.05, 4.69) is 37.9 Å². The Morgan fingerprint density at radius 1 is 1.00 bits per heavy atom. The van der Waals surface area contributed by atoms with Gasteiger partial charge in [0.2, 0.25) is 0 Å². The number of hydrogen-bond donors (Lipinski definition) is 0. The number of carbonyl (C=O) groups excluding carboxylic acids is 1. The van der Waals surface area contributed by atoms with Gasteiger partial charge in [0.25, 0.3) is 0 Å². The lowest BCUT2D eigenvalue weighted by molar-refractivity contribution is 0.0933. The summed E-state index contributed by atoms with van der Waals surface area (Å²) in [7, 11) is 3.27. The fourth-order valence-corrected chi connectivity index (χ4v) is 5.14. The SMILES string of the molecule is COc1cc(OC)cc([C@@H]2N3CN(c4ccc(Br)cc4)C[C@@]23C(=O)c2ccc(Cl)cc2)c1. The lowest BCUT2D eigenvalue weighted by atomic mass is 9.90. The molecule has 1 unspecified atom stereocenters. The topological polar surface area (TPSA) is 41.8 Å². The van der Waals surface area contributed by atoms with Gasteiger partial charge in [0, 0.05) is 33.4 Å². The van der Waals surface area contributed by atoms with Gasteiger partial charge in [-0.1, -0.05) is 27.5 Å². The first-order valence-electron chi connectivity index (χ1n) is 10.3. The van der Waals surface area contributed by atoms with Crippen LogP contribution in [0.3, 0.4) is 0 Å². The average Bonchev–Trinajstić information content (AvgIpc) is 3.28. The molecule has 0 aliphatic carbocycles. The van der Waals surface area contributed by atoms with Crippen molar-refractivity contribution in [3.05, 3.63) is 87.4 Å². The van der Waals surface area contributed by atoms with E-state index in [1.165, 1.54) is 0 Å². The second-order valence-corrected chi connectivity index (χ2v) is 9.45. The van der Waals surface area contributed by atoms with Crippen molar-refractivity contribution in [2.24, 2.45) is 0 Å². The number of ether oxygens (including phenoxy) is 2. The lowest BCUT2D eigenvalue weighted by Gasteiger charge is -2.24. The molecule has 2 aliphatic heterocycles. The number of benzene rings is 3. The van der Waals surface area contributed by atoms with Crippen LogP contribution >= 0.6 is 27.5 Å². The zero-order chi connectivity index (χ0) is 22.5. The van der Waals surface area contributed by atoms with Crippen molar-refractivity contribution in [3.8, 4) is 11.5 Å². The van der Waals surface area contributed by atoms with E-state index < -0.39 is 5.54 Å². The van der Waals surface area contributed by atoms with E-state index in [0.29, 0.717) is 35.3 Å². The molecule has 3 aromatic carbocycles. The second-order valence-electron chi connectivity index (χ2n) is 8.09. The van der Waals surface area contributed by atoms with E-state index in [9.17, 15) is 4.79 Å². The fourth-order valence-electron chi connectivity index (χ4n) is 4.75. The van der Waals surface area contributed by atoms with Crippen LogP contribution in [0.5, 0.6) is 11.5 Å². The van der Waals surface area contributed by atoms with Crippen LogP contribution in [0.15, 0.2) is 71.2 Å². The number of methoxy groups -OCH3 is 2. The summed E-state index contributed by atoms with van der Waals surface area (Å²) < 4.78 is 12.0. The number of Topliss-reactive ketones (excluding diaryl/α,β-unsaturated/α-hetero) is 1. The molecule has 0 N–H and O–H groups in total. The van der Waals surface area contributed by atoms with Crippen molar-refractivity contribution in [1.29, 1.82) is 0 Å². The molecule has 5 rings (SSSR count). The Balaban J connectivity index is 1.54. The van der Waals surface area contributed by atoms with Crippen molar-refractivity contribution in [3.63, 3.8) is 0 Å². The van der Waals surface area contributed by atoms with Gasteiger partial charge in [-0.05, 0) is 66.2 Å². The third kappa shape index (κ3) is 3.47. The van der Waals surface area contributed by atoms with E-state index in [0.717, 1.165) is 15.7 Å². The Morgan fingerprint density at radius 3 is 2.22 bits per heavy atom. The standard InChI is InChI=1S/C25H22BrClN2O3/c1-31-21-11-17(12-22(13-21)32-2)23-25(24(30)16-3-7-19(27)8-4-16)14-28(15-29(23)25)20-9-5-18(26)6-10-20/h3-13,23H,14-15H2,1-2H3/t23-,25-,29?/m0/s1. The zero-order valence-electron chi connectivity index (χ0n) is 17.7. The summed E-state index contributed by atoms with van der Waals surface area (Å²) >= 11 is 9.56. The molecule has 0 bridgehead atoms. The number of hydrogen-bond acceptors (Lipinski definition) is 5. The fraction of sp³-hybridized carbons (Fsp3) is 0.240. The molecule has 3 aromatic rings. The third-order valence-electron chi connectivity index (χ3n) is 6.34. The van der Waals surface area contributed by atoms with E-state index >= 15 is 0 Å². The highest BCUT2D eigenvalue weighted by Gasteiger charge is 2.72. The van der Waals surface area contributed by atoms with Crippen LogP contribution in [0, 0.1) is 0 Å². The first-order valence-corrected chi connectivity index (χ1v) is 11.4. The van der Waals surface area contributed by atoms with Crippen molar-refractivity contribution < 1.29 is 14.3 Å². The Morgan fingerprint density at radius 2 is 1.62 bits per heavy atom. The van der Waals surface area contributed by atoms with Gasteiger partial charge in [-0.25, -0.2) is 0 Å². The maximum absolute atomic E-state index is 13.9. The Hall–Kier alpha value is -2.54. The minimum Gasteiger partial charge on any atom is -0.497 e. The van der Waals surface area contributed by atoms with Gasteiger partial charge in [0.1, 0.15) is 17.0 Å². The van der Waals surface area contributed by atoms with Crippen LogP contribution in [-0.2, 0) is 0 Å². The number of nitrogens with zero attached hydrogens (tertiary/aromatic N) is 2. The predicted octanol–water partition coefficient (Wildman–Crippen LogP) is 5.58. The molecular formula is C25H22BrClN2O3. The van der Waals surface area contributed by atoms with E-state index in [-0.39, 0.29) is 11.8 Å². The van der Waals surface area contributed by atoms with Gasteiger partial charge in [0.15, 0.2) is 5.78 Å². The number of fused-ring (bicyclic) bond motifs is 1. The van der Waals surface area contributed by atoms with Crippen LogP contribution < -0.4 is 14.4 Å². The molecule has 0 aromatic heterocycles. The summed E-state index contributed by atoms with van der Waals surface area (Å²) in [4.78, 5) is 18.4. The minimum absolute atomic E-state index is 0.0543. The van der Waals surface area contributed by atoms with Crippen molar-refractivity contribution in [2.75, 3.05) is 32.3 Å². The molecule has 32 heavy (non-hydrogen) atoms. The van der Waals surface area contributed by atoms with Gasteiger partial charge in [-0.2, -0.15) is 0 Å². The molecule has 0 radical (unpaired) electrons. The third-order valence-corrected chi connectivity index (χ3v) is 7.13. The monoisotopic (exact) mass is 512 g/mol. The lowest BCUT2D eigenvalue weighted by Crippen LogP contribution is -2.35. The summed E-state index contributed by atoms with van der Waals surface area (Å²) in [6, 6.07) is 21.1. The zero-order valence-corrected chi connectivity index (χ0v) is 20.1. The van der Waals surface area contributed by atoms with Crippen LogP contribution in [0.1, 0.15) is 22.0 Å². The Bertz CT molecular complexity index is 1150. The van der Waals surface area contributed by atoms with Crippen molar-refractivity contribution in [1.82, 2.24) is 4.90 Å². The highest BCUT2D eigenvalue weighted by atomic mass is 79.9. The molecule has 2 fully saturated rings. The molecule has 0 spiro atoms. The minimum atomic E-state index is -0.654. The number of rotatable bonds is 6. The summed E-state index contributed by atoms with van der Waals surface area (Å²) in [5.74, 6) is 1.52. The highest BCUT2D eigenvalue weighted by Crippen LogP contribution is 2.59. The molecule has 0 saturated carbocycles. The molecule has 0 amide bonds. The second kappa shape index (κ2) is 8.10. The maximum atomic E-state index is 13.9. The predicted molar refractivity (Wildman–Crippen MR) is 129 cm³/mol. The summed E-state index contributed by atoms with van der Waals surface area (Å²) in [5.41, 5.74) is 2.11. The maximum Gasteiger partial charge on any atom is 0.186 e. The Labute approximate surface area is 200 Å². The van der Waals surface area contributed by atoms with Crippen LogP contribution in [0.4, 0.5) is 5.69 Å². The smallest absolute Gasteiger partial charge is 0.186 e. The normalized spacial score (nSPS) is 23.6. The molecule has 164 valence electrons. The van der Waals surface area contributed by atoms with Crippen LogP contribution in [0.25, 0.3) is 0 Å². The molecule has 2 heterocycles. The Kier molecular flexibility index (Phi) is 5.40. The molecule has 5 nitrogen and oxygen atoms in total. The van der Waals surface area contributed by atoms with Gasteiger partial charge < -0.3 is 14.4 Å². The highest BCUT2D eigenvalue weighted by molar-refractivity contribution is 9.10. The largest absolute Gasteiger partial charge is 0.497 e. The van der Waals surface area contributed by atoms with Gasteiger partial charge in [-0.3, -0.25) is 9.69 Å². The van der Waals surface area contributed by atoms with Crippen LogP contribution in [0.2, 0.25) is 5.02 Å². The molecule has 2 saturated heterocycles. The van der Waals surface area contributed by atoms with Gasteiger partial charge in [0.05, 0.1) is 26.9 Å². The molecule has 3 atom stereocenters. The summed E-state index contributed by atoms with van der Waals surface area (Å²) in [5, 5.41) is 0.615. The molecular weight excluding hydrogens is 492 g/mol. The van der Waals surface area contributed by atoms with E-state index in [1.807, 2.05) is 30.3 Å². The summed E-state index contributed by atoms with van der Waals surface area (Å²) in [6.45, 7) is 1.26. The van der Waals surface area contributed by atoms with E-state index in [4.69, 9.17) is 21.1 Å². The van der Waals surface area contributed by atoms with Crippen molar-refractivity contribution >= 4 is 39.0 Å². The quantitative estimate of drug-likeness (QED) is 0.318. The number of carbonyl (C=O) groups is 1. The molecule has 7 heteroatoms. The number of anilines is 1. The van der Waals surface area contributed by atoms with E-state index in [1.54, 1.807) is 38.5 Å². The first-order chi connectivity index (χ1) is 15.5. The molecule has 2 aliphatic rings. The van der Waals surface area contributed by atoms with Gasteiger partial charge in [-0.15, -0.1) is 0 Å². The van der Waals surface area contributed by atoms with Crippen molar-refractivity contribution in [2.45, 2.75) is 11.6 Å². The van der Waals surface area contributed by atoms with Gasteiger partial charge >= 0.3 is 0 Å². The number of ketones is 1. The first kappa shape index (κ1) is 21.3. The average molecular weight is 514 g/mol. The number of halogens is 2. The van der Waals surface area contributed by atoms with Crippen LogP contribution in [-0.4, -0.2) is 43.7 Å².